The summed E-state index contributed by atoms with van der Waals surface area (Å²) >= 11 is 0. The Kier molecular flexibility index (Phi) is 4.05. The van der Waals surface area contributed by atoms with Crippen molar-refractivity contribution in [1.29, 1.82) is 0 Å². The SMILES string of the molecule is O=S(=O)(CCO)NCCc1cnc[nH]1. The van der Waals surface area contributed by atoms with Gasteiger partial charge in [0.05, 0.1) is 18.7 Å². The lowest BCUT2D eigenvalue weighted by Gasteiger charge is -2.03. The molecular weight excluding hydrogens is 206 g/mol. The number of aromatic nitrogens is 2. The van der Waals surface area contributed by atoms with Crippen LogP contribution < -0.4 is 4.72 Å². The van der Waals surface area contributed by atoms with E-state index in [4.69, 9.17) is 5.11 Å². The van der Waals surface area contributed by atoms with E-state index in [9.17, 15) is 8.42 Å². The van der Waals surface area contributed by atoms with Gasteiger partial charge in [-0.1, -0.05) is 0 Å². The largest absolute Gasteiger partial charge is 0.395 e. The predicted octanol–water partition coefficient (Wildman–Crippen LogP) is -1.14. The molecule has 0 amide bonds. The van der Waals surface area contributed by atoms with Gasteiger partial charge in [-0.25, -0.2) is 18.1 Å². The van der Waals surface area contributed by atoms with Crippen LogP contribution in [-0.4, -0.2) is 42.4 Å². The van der Waals surface area contributed by atoms with Gasteiger partial charge >= 0.3 is 0 Å². The first-order valence-corrected chi connectivity index (χ1v) is 5.85. The molecule has 0 saturated carbocycles. The lowest BCUT2D eigenvalue weighted by Crippen LogP contribution is -2.29. The summed E-state index contributed by atoms with van der Waals surface area (Å²) in [6, 6.07) is 0. The molecule has 0 radical (unpaired) electrons. The Morgan fingerprint density at radius 1 is 1.57 bits per heavy atom. The van der Waals surface area contributed by atoms with E-state index in [0.717, 1.165) is 5.69 Å². The maximum Gasteiger partial charge on any atom is 0.213 e. The first-order valence-electron chi connectivity index (χ1n) is 4.19. The van der Waals surface area contributed by atoms with Crippen LogP contribution in [0.3, 0.4) is 0 Å². The molecule has 0 aliphatic rings. The summed E-state index contributed by atoms with van der Waals surface area (Å²) < 4.78 is 24.5. The van der Waals surface area contributed by atoms with Crippen molar-refractivity contribution in [1.82, 2.24) is 14.7 Å². The second-order valence-corrected chi connectivity index (χ2v) is 4.69. The summed E-state index contributed by atoms with van der Waals surface area (Å²) in [5.41, 5.74) is 0.872. The summed E-state index contributed by atoms with van der Waals surface area (Å²) in [5, 5.41) is 8.45. The normalized spacial score (nSPS) is 11.8. The standard InChI is InChI=1S/C7H13N3O3S/c11-3-4-14(12,13)10-2-1-7-5-8-6-9-7/h5-6,10-11H,1-4H2,(H,8,9). The van der Waals surface area contributed by atoms with Crippen molar-refractivity contribution in [2.75, 3.05) is 18.9 Å². The number of aliphatic hydroxyl groups is 1. The second kappa shape index (κ2) is 5.08. The molecular formula is C7H13N3O3S. The first-order chi connectivity index (χ1) is 6.64. The molecule has 14 heavy (non-hydrogen) atoms. The van der Waals surface area contributed by atoms with Gasteiger partial charge in [-0.3, -0.25) is 0 Å². The zero-order valence-corrected chi connectivity index (χ0v) is 8.42. The van der Waals surface area contributed by atoms with Crippen molar-refractivity contribution >= 4 is 10.0 Å². The average molecular weight is 219 g/mol. The number of rotatable bonds is 6. The molecule has 0 aliphatic heterocycles. The van der Waals surface area contributed by atoms with E-state index < -0.39 is 10.0 Å². The number of nitrogens with zero attached hydrogens (tertiary/aromatic N) is 1. The van der Waals surface area contributed by atoms with E-state index in [1.54, 1.807) is 6.20 Å². The van der Waals surface area contributed by atoms with Gasteiger partial charge in [0.2, 0.25) is 10.0 Å². The fourth-order valence-corrected chi connectivity index (χ4v) is 1.75. The zero-order valence-electron chi connectivity index (χ0n) is 7.60. The maximum atomic E-state index is 11.1. The van der Waals surface area contributed by atoms with E-state index in [0.29, 0.717) is 13.0 Å². The lowest BCUT2D eigenvalue weighted by atomic mass is 10.3. The Morgan fingerprint density at radius 2 is 2.36 bits per heavy atom. The molecule has 1 aromatic rings. The highest BCUT2D eigenvalue weighted by atomic mass is 32.2. The lowest BCUT2D eigenvalue weighted by molar-refractivity contribution is 0.319. The second-order valence-electron chi connectivity index (χ2n) is 2.76. The summed E-state index contributed by atoms with van der Waals surface area (Å²) in [4.78, 5) is 6.66. The highest BCUT2D eigenvalue weighted by Crippen LogP contribution is 1.91. The van der Waals surface area contributed by atoms with Crippen molar-refractivity contribution in [3.63, 3.8) is 0 Å². The molecule has 1 heterocycles. The molecule has 80 valence electrons. The fraction of sp³-hybridized carbons (Fsp3) is 0.571. The Bertz CT molecular complexity index is 346. The number of H-pyrrole nitrogens is 1. The van der Waals surface area contributed by atoms with Crippen molar-refractivity contribution in [2.45, 2.75) is 6.42 Å². The van der Waals surface area contributed by atoms with E-state index in [2.05, 4.69) is 14.7 Å². The molecule has 0 atom stereocenters. The van der Waals surface area contributed by atoms with Crippen LogP contribution in [0, 0.1) is 0 Å². The monoisotopic (exact) mass is 219 g/mol. The Hall–Kier alpha value is -0.920. The molecule has 6 nitrogen and oxygen atoms in total. The fourth-order valence-electron chi connectivity index (χ4n) is 0.955. The van der Waals surface area contributed by atoms with Crippen molar-refractivity contribution in [3.05, 3.63) is 18.2 Å². The Balaban J connectivity index is 2.28. The van der Waals surface area contributed by atoms with Crippen LogP contribution in [0.4, 0.5) is 0 Å². The first kappa shape index (κ1) is 11.2. The van der Waals surface area contributed by atoms with Gasteiger partial charge in [-0.05, 0) is 0 Å². The summed E-state index contributed by atoms with van der Waals surface area (Å²) in [7, 11) is -3.32. The number of nitrogens with one attached hydrogen (secondary N) is 2. The van der Waals surface area contributed by atoms with Crippen LogP contribution in [0.2, 0.25) is 0 Å². The third-order valence-electron chi connectivity index (χ3n) is 1.63. The highest BCUT2D eigenvalue weighted by Gasteiger charge is 2.07. The highest BCUT2D eigenvalue weighted by molar-refractivity contribution is 7.89. The van der Waals surface area contributed by atoms with Crippen molar-refractivity contribution in [2.24, 2.45) is 0 Å². The van der Waals surface area contributed by atoms with Gasteiger partial charge in [0.1, 0.15) is 0 Å². The number of aromatic amines is 1. The third kappa shape index (κ3) is 3.86. The van der Waals surface area contributed by atoms with Gasteiger partial charge in [-0.2, -0.15) is 0 Å². The topological polar surface area (TPSA) is 95.1 Å². The zero-order chi connectivity index (χ0) is 10.4. The van der Waals surface area contributed by atoms with Crippen LogP contribution in [0.15, 0.2) is 12.5 Å². The van der Waals surface area contributed by atoms with Gasteiger partial charge in [0.25, 0.3) is 0 Å². The minimum Gasteiger partial charge on any atom is -0.395 e. The quantitative estimate of drug-likeness (QED) is 0.564. The summed E-state index contributed by atoms with van der Waals surface area (Å²) in [6.07, 6.45) is 3.74. The molecule has 3 N–H and O–H groups in total. The van der Waals surface area contributed by atoms with Gasteiger partial charge in [0.15, 0.2) is 0 Å². The molecule has 0 saturated heterocycles. The molecule has 0 bridgehead atoms. The minimum absolute atomic E-state index is 0.254. The number of aliphatic hydroxyl groups excluding tert-OH is 1. The van der Waals surface area contributed by atoms with E-state index in [1.165, 1.54) is 6.33 Å². The molecule has 0 fully saturated rings. The average Bonchev–Trinajstić information content (AvgIpc) is 2.56. The predicted molar refractivity (Wildman–Crippen MR) is 51.2 cm³/mol. The number of hydrogen-bond acceptors (Lipinski definition) is 4. The van der Waals surface area contributed by atoms with Crippen molar-refractivity contribution < 1.29 is 13.5 Å². The molecule has 1 aromatic heterocycles. The van der Waals surface area contributed by atoms with Gasteiger partial charge in [0, 0.05) is 24.9 Å². The van der Waals surface area contributed by atoms with Crippen LogP contribution in [0.25, 0.3) is 0 Å². The van der Waals surface area contributed by atoms with Crippen LogP contribution in [0.5, 0.6) is 0 Å². The number of imidazole rings is 1. The maximum absolute atomic E-state index is 11.1. The molecule has 0 spiro atoms. The van der Waals surface area contributed by atoms with Crippen molar-refractivity contribution in [3.8, 4) is 0 Å². The Labute approximate surface area is 82.4 Å². The Morgan fingerprint density at radius 3 is 2.93 bits per heavy atom. The molecule has 0 unspecified atom stereocenters. The van der Waals surface area contributed by atoms with E-state index >= 15 is 0 Å². The molecule has 0 aliphatic carbocycles. The van der Waals surface area contributed by atoms with Crippen LogP contribution in [-0.2, 0) is 16.4 Å². The number of hydrogen-bond donors (Lipinski definition) is 3. The number of sulfonamides is 1. The van der Waals surface area contributed by atoms with Gasteiger partial charge in [-0.15, -0.1) is 0 Å². The van der Waals surface area contributed by atoms with Crippen LogP contribution >= 0.6 is 0 Å². The molecule has 0 aromatic carbocycles. The minimum atomic E-state index is -3.32. The smallest absolute Gasteiger partial charge is 0.213 e. The summed E-state index contributed by atoms with van der Waals surface area (Å²) in [5.74, 6) is -0.254. The summed E-state index contributed by atoms with van der Waals surface area (Å²) in [6.45, 7) is -0.0517. The van der Waals surface area contributed by atoms with E-state index in [1.807, 2.05) is 0 Å². The third-order valence-corrected chi connectivity index (χ3v) is 3.00. The van der Waals surface area contributed by atoms with E-state index in [-0.39, 0.29) is 12.4 Å². The van der Waals surface area contributed by atoms with Crippen LogP contribution in [0.1, 0.15) is 5.69 Å². The van der Waals surface area contributed by atoms with Gasteiger partial charge < -0.3 is 10.1 Å². The molecule has 1 rings (SSSR count). The molecule has 7 heteroatoms.